The molecule has 39 heavy (non-hydrogen) atoms. The number of rotatable bonds is 8. The van der Waals surface area contributed by atoms with Crippen molar-refractivity contribution in [3.8, 4) is 0 Å². The molecule has 1 aliphatic heterocycles. The van der Waals surface area contributed by atoms with Gasteiger partial charge < -0.3 is 9.72 Å². The van der Waals surface area contributed by atoms with Crippen molar-refractivity contribution in [2.75, 3.05) is 18.6 Å². The zero-order valence-corrected chi connectivity index (χ0v) is 22.3. The third-order valence-corrected chi connectivity index (χ3v) is 8.84. The summed E-state index contributed by atoms with van der Waals surface area (Å²) in [6.45, 7) is 1.85. The molecule has 9 nitrogen and oxygen atoms in total. The summed E-state index contributed by atoms with van der Waals surface area (Å²) < 4.78 is 33.6. The highest BCUT2D eigenvalue weighted by molar-refractivity contribution is 7.89. The molecule has 1 aromatic heterocycles. The van der Waals surface area contributed by atoms with Crippen LogP contribution in [0.4, 0.5) is 5.69 Å². The van der Waals surface area contributed by atoms with Crippen molar-refractivity contribution >= 4 is 44.4 Å². The molecule has 200 valence electrons. The zero-order valence-electron chi connectivity index (χ0n) is 21.5. The maximum Gasteiger partial charge on any atom is 0.337 e. The Kier molecular flexibility index (Phi) is 7.07. The highest BCUT2D eigenvalue weighted by Crippen LogP contribution is 2.30. The van der Waals surface area contributed by atoms with E-state index in [1.165, 1.54) is 43.5 Å². The molecular formula is C29H27N3O6S. The normalized spacial score (nSPS) is 15.9. The van der Waals surface area contributed by atoms with Gasteiger partial charge in [0.05, 0.1) is 29.7 Å². The van der Waals surface area contributed by atoms with Gasteiger partial charge in [-0.05, 0) is 61.4 Å². The summed E-state index contributed by atoms with van der Waals surface area (Å²) >= 11 is 0. The van der Waals surface area contributed by atoms with Gasteiger partial charge in [-0.3, -0.25) is 9.59 Å². The first-order chi connectivity index (χ1) is 18.7. The van der Waals surface area contributed by atoms with E-state index in [2.05, 4.69) is 4.98 Å². The van der Waals surface area contributed by atoms with Crippen molar-refractivity contribution in [3.05, 3.63) is 95.7 Å². The molecule has 1 saturated heterocycles. The molecule has 0 bridgehead atoms. The molecule has 10 heteroatoms. The third kappa shape index (κ3) is 4.96. The fourth-order valence-corrected chi connectivity index (χ4v) is 6.42. The molecule has 3 aromatic carbocycles. The number of esters is 1. The number of sulfonamides is 1. The van der Waals surface area contributed by atoms with E-state index in [0.29, 0.717) is 6.42 Å². The van der Waals surface area contributed by atoms with E-state index in [-0.39, 0.29) is 29.1 Å². The predicted molar refractivity (Wildman–Crippen MR) is 146 cm³/mol. The van der Waals surface area contributed by atoms with Crippen LogP contribution in [0.2, 0.25) is 0 Å². The lowest BCUT2D eigenvalue weighted by atomic mass is 10.1. The van der Waals surface area contributed by atoms with Crippen LogP contribution in [0.25, 0.3) is 10.9 Å². The molecule has 1 unspecified atom stereocenters. The van der Waals surface area contributed by atoms with Gasteiger partial charge in [0.1, 0.15) is 6.04 Å². The molecule has 0 spiro atoms. The van der Waals surface area contributed by atoms with Crippen LogP contribution < -0.4 is 4.90 Å². The van der Waals surface area contributed by atoms with Crippen LogP contribution in [-0.4, -0.2) is 55.2 Å². The minimum Gasteiger partial charge on any atom is -0.465 e. The number of aromatic nitrogens is 1. The average molecular weight is 546 g/mol. The molecule has 1 fully saturated rings. The highest BCUT2D eigenvalue weighted by Gasteiger charge is 2.46. The van der Waals surface area contributed by atoms with Crippen molar-refractivity contribution in [3.63, 3.8) is 0 Å². The maximum atomic E-state index is 13.9. The number of aryl methyl sites for hydroxylation is 1. The number of nitrogens with one attached hydrogen (secondary N) is 1. The second kappa shape index (κ2) is 10.5. The molecule has 2 amide bonds. The Hall–Kier alpha value is -4.28. The number of hydrogen-bond donors (Lipinski definition) is 1. The Morgan fingerprint density at radius 3 is 2.41 bits per heavy atom. The molecule has 1 N–H and O–H groups in total. The van der Waals surface area contributed by atoms with Crippen LogP contribution in [0.1, 0.15) is 27.9 Å². The van der Waals surface area contributed by atoms with Crippen LogP contribution in [0.3, 0.4) is 0 Å². The molecule has 4 aromatic rings. The number of aromatic amines is 1. The standard InChI is InChI=1S/C29H27N3O6S/c1-19-7-13-23(14-8-19)39(36,37)31(16-15-21-18-30-25-6-4-3-5-24(21)25)26-17-27(33)32(28(26)34)22-11-9-20(10-12-22)29(35)38-2/h3-14,18,26,30H,15-17H2,1-2H3. The number of hydrogen-bond acceptors (Lipinski definition) is 6. The molecule has 2 heterocycles. The number of carbonyl (C=O) groups is 3. The monoisotopic (exact) mass is 545 g/mol. The minimum atomic E-state index is -4.13. The first-order valence-electron chi connectivity index (χ1n) is 12.4. The van der Waals surface area contributed by atoms with Crippen LogP contribution in [0, 0.1) is 6.92 Å². The quantitative estimate of drug-likeness (QED) is 0.266. The summed E-state index contributed by atoms with van der Waals surface area (Å²) in [5.74, 6) is -1.71. The number of carbonyl (C=O) groups excluding carboxylic acids is 3. The minimum absolute atomic E-state index is 0.00311. The van der Waals surface area contributed by atoms with Gasteiger partial charge in [-0.25, -0.2) is 18.1 Å². The average Bonchev–Trinajstić information content (AvgIpc) is 3.48. The summed E-state index contributed by atoms with van der Waals surface area (Å²) in [4.78, 5) is 42.7. The zero-order chi connectivity index (χ0) is 27.7. The van der Waals surface area contributed by atoms with E-state index in [1.807, 2.05) is 37.4 Å². The van der Waals surface area contributed by atoms with Gasteiger partial charge in [0, 0.05) is 23.6 Å². The first-order valence-corrected chi connectivity index (χ1v) is 13.8. The van der Waals surface area contributed by atoms with Gasteiger partial charge in [-0.1, -0.05) is 35.9 Å². The van der Waals surface area contributed by atoms with Gasteiger partial charge in [0.2, 0.25) is 15.9 Å². The number of H-pyrrole nitrogens is 1. The number of nitrogens with zero attached hydrogens (tertiary/aromatic N) is 2. The smallest absolute Gasteiger partial charge is 0.337 e. The Bertz CT molecular complexity index is 1660. The second-order valence-corrected chi connectivity index (χ2v) is 11.3. The van der Waals surface area contributed by atoms with Crippen LogP contribution in [0.5, 0.6) is 0 Å². The Labute approximate surface area is 226 Å². The van der Waals surface area contributed by atoms with Gasteiger partial charge >= 0.3 is 5.97 Å². The maximum absolute atomic E-state index is 13.9. The number of amides is 2. The predicted octanol–water partition coefficient (Wildman–Crippen LogP) is 3.83. The number of ether oxygens (including phenoxy) is 1. The summed E-state index contributed by atoms with van der Waals surface area (Å²) in [5.41, 5.74) is 3.24. The van der Waals surface area contributed by atoms with Crippen LogP contribution >= 0.6 is 0 Å². The van der Waals surface area contributed by atoms with Gasteiger partial charge in [-0.15, -0.1) is 0 Å². The summed E-state index contributed by atoms with van der Waals surface area (Å²) in [5, 5.41) is 0.964. The van der Waals surface area contributed by atoms with Gasteiger partial charge in [-0.2, -0.15) is 4.31 Å². The van der Waals surface area contributed by atoms with Crippen molar-refractivity contribution in [1.82, 2.24) is 9.29 Å². The molecule has 0 aliphatic carbocycles. The molecule has 1 aliphatic rings. The number of imide groups is 1. The molecule has 5 rings (SSSR count). The molecule has 1 atom stereocenters. The van der Waals surface area contributed by atoms with E-state index < -0.39 is 33.8 Å². The highest BCUT2D eigenvalue weighted by atomic mass is 32.2. The van der Waals surface area contributed by atoms with Crippen molar-refractivity contribution in [2.45, 2.75) is 30.7 Å². The van der Waals surface area contributed by atoms with E-state index in [9.17, 15) is 22.8 Å². The molecular weight excluding hydrogens is 518 g/mol. The number of methoxy groups -OCH3 is 1. The Morgan fingerprint density at radius 2 is 1.72 bits per heavy atom. The van der Waals surface area contributed by atoms with Gasteiger partial charge in [0.15, 0.2) is 0 Å². The number of fused-ring (bicyclic) bond motifs is 1. The van der Waals surface area contributed by atoms with Gasteiger partial charge in [0.25, 0.3) is 5.91 Å². The lowest BCUT2D eigenvalue weighted by molar-refractivity contribution is -0.122. The summed E-state index contributed by atoms with van der Waals surface area (Å²) in [6.07, 6.45) is 1.87. The number of para-hydroxylation sites is 1. The van der Waals surface area contributed by atoms with Crippen molar-refractivity contribution < 1.29 is 27.5 Å². The number of anilines is 1. The topological polar surface area (TPSA) is 117 Å². The largest absolute Gasteiger partial charge is 0.465 e. The Balaban J connectivity index is 1.48. The lowest BCUT2D eigenvalue weighted by Gasteiger charge is -2.27. The lowest BCUT2D eigenvalue weighted by Crippen LogP contribution is -2.46. The third-order valence-electron chi connectivity index (χ3n) is 6.92. The van der Waals surface area contributed by atoms with Crippen LogP contribution in [-0.2, 0) is 30.8 Å². The summed E-state index contributed by atoms with van der Waals surface area (Å²) in [7, 11) is -2.87. The Morgan fingerprint density at radius 1 is 1.03 bits per heavy atom. The fraction of sp³-hybridized carbons (Fsp3) is 0.207. The fourth-order valence-electron chi connectivity index (χ4n) is 4.83. The van der Waals surface area contributed by atoms with Crippen molar-refractivity contribution in [1.29, 1.82) is 0 Å². The van der Waals surface area contributed by atoms with E-state index >= 15 is 0 Å². The van der Waals surface area contributed by atoms with Crippen molar-refractivity contribution in [2.24, 2.45) is 0 Å². The number of benzene rings is 3. The summed E-state index contributed by atoms with van der Waals surface area (Å²) in [6, 6.07) is 18.7. The molecule has 0 saturated carbocycles. The van der Waals surface area contributed by atoms with E-state index in [0.717, 1.165) is 31.2 Å². The molecule has 0 radical (unpaired) electrons. The van der Waals surface area contributed by atoms with Crippen LogP contribution in [0.15, 0.2) is 83.9 Å². The first kappa shape index (κ1) is 26.3. The SMILES string of the molecule is COC(=O)c1ccc(N2C(=O)CC(N(CCc3c[nH]c4ccccc34)S(=O)(=O)c3ccc(C)cc3)C2=O)cc1. The second-order valence-electron chi connectivity index (χ2n) is 9.36. The van der Waals surface area contributed by atoms with E-state index in [4.69, 9.17) is 4.74 Å². The van der Waals surface area contributed by atoms with E-state index in [1.54, 1.807) is 12.1 Å².